The molecule has 4 rings (SSSR count). The standard InChI is InChI=1S/C14H19N5O8P2/c1-15-12-11-13(17-6-16-12)19(7-18-11)9-4-10(27-29(23,24)25)14(3-2-8(9)14)5-26-28(20,21)22/h2-3,6-10H,4-5H2,1H3,(H,15,16,17)(H2,20,21,22)(H2,23,24,25)/t8-,9+,10+,14+/m1/s1. The second-order valence-electron chi connectivity index (χ2n) is 6.95. The molecule has 1 fully saturated rings. The van der Waals surface area contributed by atoms with Gasteiger partial charge < -0.3 is 29.5 Å². The van der Waals surface area contributed by atoms with Crippen molar-refractivity contribution in [1.82, 2.24) is 19.5 Å². The van der Waals surface area contributed by atoms with Crippen LogP contribution in [0.2, 0.25) is 0 Å². The Labute approximate surface area is 164 Å². The van der Waals surface area contributed by atoms with E-state index in [0.29, 0.717) is 17.0 Å². The minimum atomic E-state index is -4.86. The molecule has 0 aromatic carbocycles. The number of aromatic nitrogens is 4. The Bertz CT molecular complexity index is 1060. The predicted octanol–water partition coefficient (Wildman–Crippen LogP) is 0.572. The number of imidazole rings is 1. The molecule has 1 saturated carbocycles. The van der Waals surface area contributed by atoms with Crippen LogP contribution in [0.25, 0.3) is 11.2 Å². The van der Waals surface area contributed by atoms with Gasteiger partial charge in [0.15, 0.2) is 11.5 Å². The molecule has 0 spiro atoms. The highest BCUT2D eigenvalue weighted by Gasteiger charge is 2.60. The fourth-order valence-corrected chi connectivity index (χ4v) is 5.16. The average Bonchev–Trinajstić information content (AvgIpc) is 3.09. The van der Waals surface area contributed by atoms with Crippen LogP contribution in [0.15, 0.2) is 24.8 Å². The summed E-state index contributed by atoms with van der Waals surface area (Å²) < 4.78 is 34.2. The third kappa shape index (κ3) is 3.65. The predicted molar refractivity (Wildman–Crippen MR) is 98.5 cm³/mol. The first kappa shape index (κ1) is 20.6. The van der Waals surface area contributed by atoms with Gasteiger partial charge >= 0.3 is 15.6 Å². The van der Waals surface area contributed by atoms with Gasteiger partial charge in [-0.15, -0.1) is 0 Å². The zero-order valence-electron chi connectivity index (χ0n) is 15.1. The van der Waals surface area contributed by atoms with Crippen LogP contribution in [0.1, 0.15) is 12.5 Å². The van der Waals surface area contributed by atoms with Crippen molar-refractivity contribution in [2.75, 3.05) is 19.0 Å². The monoisotopic (exact) mass is 447 g/mol. The molecule has 0 radical (unpaired) electrons. The van der Waals surface area contributed by atoms with E-state index < -0.39 is 33.8 Å². The maximum absolute atomic E-state index is 11.5. The number of phosphoric ester groups is 2. The zero-order chi connectivity index (χ0) is 21.0. The van der Waals surface area contributed by atoms with Crippen molar-refractivity contribution in [3.05, 3.63) is 24.8 Å². The molecular formula is C14H19N5O8P2. The number of hydrogen-bond donors (Lipinski definition) is 5. The first-order valence-corrected chi connectivity index (χ1v) is 11.6. The average molecular weight is 447 g/mol. The van der Waals surface area contributed by atoms with E-state index in [2.05, 4.69) is 20.3 Å². The van der Waals surface area contributed by atoms with Gasteiger partial charge in [0.2, 0.25) is 0 Å². The highest BCUT2D eigenvalue weighted by molar-refractivity contribution is 7.46. The van der Waals surface area contributed by atoms with E-state index in [9.17, 15) is 18.9 Å². The second-order valence-corrected chi connectivity index (χ2v) is 9.38. The summed E-state index contributed by atoms with van der Waals surface area (Å²) in [4.78, 5) is 49.5. The number of nitrogens with one attached hydrogen (secondary N) is 1. The molecule has 4 atom stereocenters. The summed E-state index contributed by atoms with van der Waals surface area (Å²) in [7, 11) is -7.96. The first-order chi connectivity index (χ1) is 13.5. The van der Waals surface area contributed by atoms with Crippen molar-refractivity contribution in [3.8, 4) is 0 Å². The first-order valence-electron chi connectivity index (χ1n) is 8.53. The van der Waals surface area contributed by atoms with Crippen molar-refractivity contribution in [2.24, 2.45) is 11.3 Å². The Hall–Kier alpha value is -1.69. The topological polar surface area (TPSA) is 189 Å². The molecule has 5 N–H and O–H groups in total. The van der Waals surface area contributed by atoms with Crippen LogP contribution in [0, 0.1) is 11.3 Å². The van der Waals surface area contributed by atoms with Gasteiger partial charge in [0.25, 0.3) is 0 Å². The van der Waals surface area contributed by atoms with Crippen molar-refractivity contribution in [1.29, 1.82) is 0 Å². The minimum absolute atomic E-state index is 0.150. The highest BCUT2D eigenvalue weighted by atomic mass is 31.2. The van der Waals surface area contributed by atoms with E-state index in [1.165, 1.54) is 6.33 Å². The van der Waals surface area contributed by atoms with Gasteiger partial charge in [0, 0.05) is 24.4 Å². The summed E-state index contributed by atoms with van der Waals surface area (Å²) in [5.74, 6) is 0.158. The summed E-state index contributed by atoms with van der Waals surface area (Å²) in [6.07, 6.45) is 5.44. The van der Waals surface area contributed by atoms with E-state index in [1.807, 2.05) is 0 Å². The highest BCUT2D eigenvalue weighted by Crippen LogP contribution is 2.62. The summed E-state index contributed by atoms with van der Waals surface area (Å²) in [5.41, 5.74) is -0.0754. The molecule has 2 heterocycles. The molecule has 0 unspecified atom stereocenters. The number of hydrogen-bond acceptors (Lipinski definition) is 8. The SMILES string of the molecule is CNc1ncnc2c1ncn2[C@H]1C[C@H](OP(=O)(O)O)[C@]2(COP(=O)(O)O)C=C[C@H]12. The summed E-state index contributed by atoms with van der Waals surface area (Å²) in [6, 6.07) is -0.374. The number of rotatable bonds is 7. The molecule has 13 nitrogen and oxygen atoms in total. The quantitative estimate of drug-likeness (QED) is 0.294. The third-order valence-corrected chi connectivity index (χ3v) is 6.40. The van der Waals surface area contributed by atoms with E-state index in [-0.39, 0.29) is 18.4 Å². The lowest BCUT2D eigenvalue weighted by atomic mass is 9.68. The normalized spacial score (nSPS) is 29.1. The van der Waals surface area contributed by atoms with Crippen LogP contribution in [-0.4, -0.2) is 58.9 Å². The van der Waals surface area contributed by atoms with Gasteiger partial charge in [-0.25, -0.2) is 24.1 Å². The number of anilines is 1. The Morgan fingerprint density at radius 3 is 2.59 bits per heavy atom. The van der Waals surface area contributed by atoms with Crippen molar-refractivity contribution < 1.29 is 37.8 Å². The molecule has 0 bridgehead atoms. The molecule has 2 aromatic rings. The number of nitrogens with zero attached hydrogens (tertiary/aromatic N) is 4. The molecule has 0 amide bonds. The van der Waals surface area contributed by atoms with Gasteiger partial charge in [-0.3, -0.25) is 9.05 Å². The van der Waals surface area contributed by atoms with Crippen LogP contribution in [-0.2, 0) is 18.2 Å². The van der Waals surface area contributed by atoms with E-state index in [1.54, 1.807) is 30.1 Å². The largest absolute Gasteiger partial charge is 0.469 e. The molecule has 158 valence electrons. The minimum Gasteiger partial charge on any atom is -0.371 e. The lowest BCUT2D eigenvalue weighted by molar-refractivity contribution is 0.00974. The number of allylic oxidation sites excluding steroid dienone is 1. The molecule has 2 aromatic heterocycles. The molecular weight excluding hydrogens is 428 g/mol. The van der Waals surface area contributed by atoms with E-state index in [4.69, 9.17) is 18.8 Å². The summed E-state index contributed by atoms with van der Waals surface area (Å²) in [5, 5.41) is 2.92. The summed E-state index contributed by atoms with van der Waals surface area (Å²) >= 11 is 0. The van der Waals surface area contributed by atoms with Gasteiger partial charge in [-0.1, -0.05) is 12.2 Å². The molecule has 2 aliphatic carbocycles. The van der Waals surface area contributed by atoms with Crippen LogP contribution in [0.3, 0.4) is 0 Å². The number of fused-ring (bicyclic) bond motifs is 2. The Kier molecular flexibility index (Phi) is 4.92. The molecule has 29 heavy (non-hydrogen) atoms. The smallest absolute Gasteiger partial charge is 0.371 e. The van der Waals surface area contributed by atoms with Crippen LogP contribution in [0.4, 0.5) is 5.82 Å². The van der Waals surface area contributed by atoms with Crippen molar-refractivity contribution in [3.63, 3.8) is 0 Å². The van der Waals surface area contributed by atoms with Crippen LogP contribution in [0.5, 0.6) is 0 Å². The maximum Gasteiger partial charge on any atom is 0.469 e. The zero-order valence-corrected chi connectivity index (χ0v) is 16.8. The van der Waals surface area contributed by atoms with Crippen LogP contribution < -0.4 is 5.32 Å². The van der Waals surface area contributed by atoms with Gasteiger partial charge in [0.05, 0.1) is 19.0 Å². The number of phosphoric acid groups is 2. The van der Waals surface area contributed by atoms with E-state index in [0.717, 1.165) is 0 Å². The maximum atomic E-state index is 11.5. The fourth-order valence-electron chi connectivity index (χ4n) is 4.15. The van der Waals surface area contributed by atoms with Gasteiger partial charge in [0.1, 0.15) is 11.8 Å². The molecule has 0 aliphatic heterocycles. The Balaban J connectivity index is 1.73. The Morgan fingerprint density at radius 2 is 2.00 bits per heavy atom. The van der Waals surface area contributed by atoms with Gasteiger partial charge in [-0.05, 0) is 6.42 Å². The van der Waals surface area contributed by atoms with E-state index >= 15 is 0 Å². The lowest BCUT2D eigenvalue weighted by Crippen LogP contribution is -2.44. The lowest BCUT2D eigenvalue weighted by Gasteiger charge is -2.42. The molecule has 0 saturated heterocycles. The molecule has 15 heteroatoms. The fraction of sp³-hybridized carbons (Fsp3) is 0.500. The van der Waals surface area contributed by atoms with Crippen LogP contribution >= 0.6 is 15.6 Å². The van der Waals surface area contributed by atoms with Gasteiger partial charge in [-0.2, -0.15) is 0 Å². The van der Waals surface area contributed by atoms with Crippen molar-refractivity contribution >= 4 is 32.6 Å². The molecule has 2 aliphatic rings. The van der Waals surface area contributed by atoms with Crippen molar-refractivity contribution in [2.45, 2.75) is 18.6 Å². The second kappa shape index (κ2) is 6.93. The summed E-state index contributed by atoms with van der Waals surface area (Å²) in [6.45, 7) is -0.455. The Morgan fingerprint density at radius 1 is 1.24 bits per heavy atom. The third-order valence-electron chi connectivity index (χ3n) is 5.40.